The number of nitrogens with zero attached hydrogens (tertiary/aromatic N) is 4. The van der Waals surface area contributed by atoms with Crippen LogP contribution in [0.4, 0.5) is 5.82 Å². The minimum Gasteiger partial charge on any atom is -0.353 e. The molecule has 0 radical (unpaired) electrons. The number of hydrogen-bond donors (Lipinski definition) is 0. The van der Waals surface area contributed by atoms with Crippen LogP contribution in [0.15, 0.2) is 24.3 Å². The molecule has 0 unspecified atom stereocenters. The van der Waals surface area contributed by atoms with Gasteiger partial charge in [-0.3, -0.25) is 4.79 Å². The third-order valence-corrected chi connectivity index (χ3v) is 5.14. The minimum atomic E-state index is -0.485. The highest BCUT2D eigenvalue weighted by atomic mass is 35.5. The summed E-state index contributed by atoms with van der Waals surface area (Å²) >= 11 is 11.9. The standard InChI is InChI=1S/C19H22Cl2N4O/c1-12-14(3)22-17(15-4-6-16(21)7-5-15)23-18(12)24-8-10-25(11-9-24)19(26)13(2)20/h4-7,13H,8-11H2,1-3H3/t13-/m0/s1. The predicted octanol–water partition coefficient (Wildman–Crippen LogP) is 3.69. The average Bonchev–Trinajstić information content (AvgIpc) is 2.64. The highest BCUT2D eigenvalue weighted by Crippen LogP contribution is 2.26. The van der Waals surface area contributed by atoms with Gasteiger partial charge in [0.2, 0.25) is 5.91 Å². The Morgan fingerprint density at radius 1 is 1.08 bits per heavy atom. The molecule has 26 heavy (non-hydrogen) atoms. The molecular weight excluding hydrogens is 371 g/mol. The van der Waals surface area contributed by atoms with Crippen molar-refractivity contribution >= 4 is 34.9 Å². The van der Waals surface area contributed by atoms with Gasteiger partial charge in [0.05, 0.1) is 0 Å². The summed E-state index contributed by atoms with van der Waals surface area (Å²) < 4.78 is 0. The summed E-state index contributed by atoms with van der Waals surface area (Å²) in [6.45, 7) is 8.50. The average molecular weight is 393 g/mol. The van der Waals surface area contributed by atoms with Crippen LogP contribution in [0.25, 0.3) is 11.4 Å². The van der Waals surface area contributed by atoms with Crippen LogP contribution >= 0.6 is 23.2 Å². The van der Waals surface area contributed by atoms with Crippen LogP contribution in [0, 0.1) is 13.8 Å². The van der Waals surface area contributed by atoms with Crippen LogP contribution in [0.2, 0.25) is 5.02 Å². The third-order valence-electron chi connectivity index (χ3n) is 4.70. The van der Waals surface area contributed by atoms with E-state index in [9.17, 15) is 4.79 Å². The normalized spacial score (nSPS) is 15.9. The summed E-state index contributed by atoms with van der Waals surface area (Å²) in [5.74, 6) is 1.60. The summed E-state index contributed by atoms with van der Waals surface area (Å²) in [5.41, 5.74) is 2.95. The molecular formula is C19H22Cl2N4O. The fourth-order valence-electron chi connectivity index (χ4n) is 3.04. The van der Waals surface area contributed by atoms with E-state index >= 15 is 0 Å². The number of amides is 1. The van der Waals surface area contributed by atoms with E-state index in [1.165, 1.54) is 0 Å². The van der Waals surface area contributed by atoms with Crippen LogP contribution in [-0.2, 0) is 4.79 Å². The molecule has 1 amide bonds. The van der Waals surface area contributed by atoms with Gasteiger partial charge < -0.3 is 9.80 Å². The molecule has 2 heterocycles. The number of alkyl halides is 1. The molecule has 1 aromatic carbocycles. The molecule has 0 bridgehead atoms. The summed E-state index contributed by atoms with van der Waals surface area (Å²) in [5, 5.41) is 0.202. The van der Waals surface area contributed by atoms with Crippen LogP contribution in [0.3, 0.4) is 0 Å². The first-order valence-electron chi connectivity index (χ1n) is 8.66. The van der Waals surface area contributed by atoms with E-state index in [0.717, 1.165) is 35.7 Å². The van der Waals surface area contributed by atoms with Crippen molar-refractivity contribution in [1.82, 2.24) is 14.9 Å². The van der Waals surface area contributed by atoms with Gasteiger partial charge in [0.15, 0.2) is 5.82 Å². The first kappa shape index (κ1) is 18.9. The highest BCUT2D eigenvalue weighted by molar-refractivity contribution is 6.30. The van der Waals surface area contributed by atoms with Crippen molar-refractivity contribution in [2.45, 2.75) is 26.1 Å². The van der Waals surface area contributed by atoms with Crippen molar-refractivity contribution in [1.29, 1.82) is 0 Å². The van der Waals surface area contributed by atoms with Crippen molar-refractivity contribution in [3.63, 3.8) is 0 Å². The van der Waals surface area contributed by atoms with Crippen LogP contribution < -0.4 is 4.90 Å². The van der Waals surface area contributed by atoms with Crippen LogP contribution in [0.1, 0.15) is 18.2 Å². The molecule has 0 spiro atoms. The molecule has 0 N–H and O–H groups in total. The molecule has 138 valence electrons. The zero-order chi connectivity index (χ0) is 18.8. The molecule has 1 aliphatic heterocycles. The molecule has 2 aromatic rings. The number of anilines is 1. The lowest BCUT2D eigenvalue weighted by molar-refractivity contribution is -0.130. The van der Waals surface area contributed by atoms with E-state index in [2.05, 4.69) is 9.88 Å². The number of carbonyl (C=O) groups excluding carboxylic acids is 1. The molecule has 0 saturated carbocycles. The van der Waals surface area contributed by atoms with Crippen LogP contribution in [-0.4, -0.2) is 52.3 Å². The SMILES string of the molecule is Cc1nc(-c2ccc(Cl)cc2)nc(N2CCN(C(=O)[C@H](C)Cl)CC2)c1C. The Morgan fingerprint density at radius 3 is 2.27 bits per heavy atom. The van der Waals surface area contributed by atoms with E-state index in [-0.39, 0.29) is 5.91 Å². The van der Waals surface area contributed by atoms with Gasteiger partial charge in [-0.15, -0.1) is 11.6 Å². The number of benzene rings is 1. The molecule has 1 aliphatic rings. The topological polar surface area (TPSA) is 49.3 Å². The Morgan fingerprint density at radius 2 is 1.69 bits per heavy atom. The van der Waals surface area contributed by atoms with Crippen molar-refractivity contribution in [3.05, 3.63) is 40.5 Å². The Bertz CT molecular complexity index is 800. The molecule has 1 atom stereocenters. The number of aromatic nitrogens is 2. The smallest absolute Gasteiger partial charge is 0.240 e. The third kappa shape index (κ3) is 3.94. The summed E-state index contributed by atoms with van der Waals surface area (Å²) in [7, 11) is 0. The number of carbonyl (C=O) groups is 1. The lowest BCUT2D eigenvalue weighted by atomic mass is 10.1. The zero-order valence-corrected chi connectivity index (χ0v) is 16.7. The first-order chi connectivity index (χ1) is 12.4. The maximum Gasteiger partial charge on any atom is 0.240 e. The molecule has 5 nitrogen and oxygen atoms in total. The van der Waals surface area contributed by atoms with E-state index in [0.29, 0.717) is 23.9 Å². The fraction of sp³-hybridized carbons (Fsp3) is 0.421. The number of halogens is 2. The molecule has 1 saturated heterocycles. The maximum absolute atomic E-state index is 12.1. The van der Waals surface area contributed by atoms with Gasteiger partial charge in [-0.25, -0.2) is 9.97 Å². The zero-order valence-electron chi connectivity index (χ0n) is 15.2. The second kappa shape index (κ2) is 7.80. The quantitative estimate of drug-likeness (QED) is 0.747. The van der Waals surface area contributed by atoms with Gasteiger partial charge in [-0.1, -0.05) is 11.6 Å². The molecule has 3 rings (SSSR count). The van der Waals surface area contributed by atoms with Crippen molar-refractivity contribution in [3.8, 4) is 11.4 Å². The predicted molar refractivity (Wildman–Crippen MR) is 106 cm³/mol. The van der Waals surface area contributed by atoms with Crippen molar-refractivity contribution < 1.29 is 4.79 Å². The number of hydrogen-bond acceptors (Lipinski definition) is 4. The second-order valence-electron chi connectivity index (χ2n) is 6.52. The van der Waals surface area contributed by atoms with Gasteiger partial charge in [0.25, 0.3) is 0 Å². The molecule has 1 fully saturated rings. The largest absolute Gasteiger partial charge is 0.353 e. The first-order valence-corrected chi connectivity index (χ1v) is 9.47. The van der Waals surface area contributed by atoms with E-state index in [1.54, 1.807) is 6.92 Å². The van der Waals surface area contributed by atoms with Gasteiger partial charge in [-0.05, 0) is 45.0 Å². The lowest BCUT2D eigenvalue weighted by Gasteiger charge is -2.36. The number of piperazine rings is 1. The van der Waals surface area contributed by atoms with E-state index in [1.807, 2.05) is 43.0 Å². The van der Waals surface area contributed by atoms with Crippen molar-refractivity contribution in [2.24, 2.45) is 0 Å². The van der Waals surface area contributed by atoms with Gasteiger partial charge in [0, 0.05) is 48.0 Å². The maximum atomic E-state index is 12.1. The Balaban J connectivity index is 1.84. The lowest BCUT2D eigenvalue weighted by Crippen LogP contribution is -2.50. The summed E-state index contributed by atoms with van der Waals surface area (Å²) in [6.07, 6.45) is 0. The van der Waals surface area contributed by atoms with Crippen molar-refractivity contribution in [2.75, 3.05) is 31.1 Å². The van der Waals surface area contributed by atoms with Gasteiger partial charge in [-0.2, -0.15) is 0 Å². The Kier molecular flexibility index (Phi) is 5.68. The van der Waals surface area contributed by atoms with Gasteiger partial charge in [0.1, 0.15) is 11.2 Å². The molecule has 1 aromatic heterocycles. The summed E-state index contributed by atoms with van der Waals surface area (Å²) in [6, 6.07) is 7.53. The fourth-order valence-corrected chi connectivity index (χ4v) is 3.30. The number of aryl methyl sites for hydroxylation is 1. The van der Waals surface area contributed by atoms with Gasteiger partial charge >= 0.3 is 0 Å². The highest BCUT2D eigenvalue weighted by Gasteiger charge is 2.25. The molecule has 0 aliphatic carbocycles. The number of rotatable bonds is 3. The van der Waals surface area contributed by atoms with E-state index < -0.39 is 5.38 Å². The molecule has 7 heteroatoms. The second-order valence-corrected chi connectivity index (χ2v) is 7.61. The van der Waals surface area contributed by atoms with Crippen LogP contribution in [0.5, 0.6) is 0 Å². The van der Waals surface area contributed by atoms with E-state index in [4.69, 9.17) is 28.2 Å². The Labute approximate surface area is 163 Å². The Hall–Kier alpha value is -1.85. The summed E-state index contributed by atoms with van der Waals surface area (Å²) in [4.78, 5) is 25.5. The minimum absolute atomic E-state index is 0.0104. The monoisotopic (exact) mass is 392 g/mol.